The first-order valence-electron chi connectivity index (χ1n) is 9.90. The van der Waals surface area contributed by atoms with E-state index in [1.807, 2.05) is 54.6 Å². The lowest BCUT2D eigenvalue weighted by Crippen LogP contribution is -2.33. The van der Waals surface area contributed by atoms with Crippen molar-refractivity contribution in [1.29, 1.82) is 0 Å². The van der Waals surface area contributed by atoms with Crippen LogP contribution in [0.2, 0.25) is 0 Å². The molecule has 0 saturated heterocycles. The van der Waals surface area contributed by atoms with Crippen LogP contribution in [0, 0.1) is 10.1 Å². The number of rotatable bonds is 6. The highest BCUT2D eigenvalue weighted by molar-refractivity contribution is 6.03. The Bertz CT molecular complexity index is 1240. The Hall–Kier alpha value is -4.27. The van der Waals surface area contributed by atoms with Crippen LogP contribution in [0.5, 0.6) is 5.75 Å². The zero-order chi connectivity index (χ0) is 22.7. The van der Waals surface area contributed by atoms with E-state index in [1.165, 1.54) is 5.01 Å². The normalized spacial score (nSPS) is 15.3. The minimum absolute atomic E-state index is 0.265. The second-order valence-electron chi connectivity index (χ2n) is 7.25. The van der Waals surface area contributed by atoms with Gasteiger partial charge in [0.2, 0.25) is 0 Å². The standard InChI is InChI=1S/C23H20N4O5/c1-32-19-10-7-17(8-11-19)21-13-20(16-5-3-2-4-6-16)24-26(21)23(29)15-25-14-18(27(30)31)9-12-22(25)28/h2-12,14,21H,13,15H2,1H3/t21-/m1/s1. The van der Waals surface area contributed by atoms with Crippen molar-refractivity contribution >= 4 is 17.3 Å². The van der Waals surface area contributed by atoms with E-state index in [1.54, 1.807) is 7.11 Å². The van der Waals surface area contributed by atoms with E-state index in [0.29, 0.717) is 12.2 Å². The molecule has 0 radical (unpaired) electrons. The predicted octanol–water partition coefficient (Wildman–Crippen LogP) is 3.14. The molecular formula is C23H20N4O5. The Balaban J connectivity index is 1.67. The van der Waals surface area contributed by atoms with Gasteiger partial charge in [-0.05, 0) is 23.3 Å². The van der Waals surface area contributed by atoms with Crippen LogP contribution < -0.4 is 10.3 Å². The van der Waals surface area contributed by atoms with Crippen molar-refractivity contribution in [2.75, 3.05) is 7.11 Å². The first-order chi connectivity index (χ1) is 15.5. The third-order valence-electron chi connectivity index (χ3n) is 5.26. The molecule has 3 aromatic rings. The molecule has 1 aliphatic heterocycles. The number of carbonyl (C=O) groups is 1. The number of benzene rings is 2. The first kappa shape index (κ1) is 21.0. The Labute approximate surface area is 183 Å². The molecule has 4 rings (SSSR count). The molecule has 9 nitrogen and oxygen atoms in total. The van der Waals surface area contributed by atoms with Crippen molar-refractivity contribution in [3.05, 3.63) is 105 Å². The molecule has 0 saturated carbocycles. The van der Waals surface area contributed by atoms with Crippen molar-refractivity contribution in [2.45, 2.75) is 19.0 Å². The fourth-order valence-corrected chi connectivity index (χ4v) is 3.60. The molecular weight excluding hydrogens is 412 g/mol. The van der Waals surface area contributed by atoms with Crippen LogP contribution in [-0.4, -0.2) is 33.2 Å². The van der Waals surface area contributed by atoms with Gasteiger partial charge in [0.1, 0.15) is 12.3 Å². The van der Waals surface area contributed by atoms with E-state index >= 15 is 0 Å². The maximum atomic E-state index is 13.2. The molecule has 0 spiro atoms. The fraction of sp³-hybridized carbons (Fsp3) is 0.174. The van der Waals surface area contributed by atoms with Crippen molar-refractivity contribution in [3.63, 3.8) is 0 Å². The molecule has 32 heavy (non-hydrogen) atoms. The minimum Gasteiger partial charge on any atom is -0.497 e. The number of pyridine rings is 1. The molecule has 1 amide bonds. The van der Waals surface area contributed by atoms with Gasteiger partial charge in [-0.2, -0.15) is 5.10 Å². The highest BCUT2D eigenvalue weighted by atomic mass is 16.6. The number of hydrogen-bond acceptors (Lipinski definition) is 6. The Morgan fingerprint density at radius 3 is 2.50 bits per heavy atom. The molecule has 0 unspecified atom stereocenters. The molecule has 2 aromatic carbocycles. The van der Waals surface area contributed by atoms with Crippen LogP contribution >= 0.6 is 0 Å². The van der Waals surface area contributed by atoms with Gasteiger partial charge in [-0.25, -0.2) is 5.01 Å². The van der Waals surface area contributed by atoms with E-state index < -0.39 is 16.4 Å². The number of methoxy groups -OCH3 is 1. The summed E-state index contributed by atoms with van der Waals surface area (Å²) in [6.45, 7) is -0.362. The number of nitro groups is 1. The lowest BCUT2D eigenvalue weighted by atomic mass is 9.98. The number of nitrogens with zero attached hydrogens (tertiary/aromatic N) is 4. The highest BCUT2D eigenvalue weighted by Crippen LogP contribution is 2.33. The number of hydrogen-bond donors (Lipinski definition) is 0. The summed E-state index contributed by atoms with van der Waals surface area (Å²) in [6.07, 6.45) is 1.56. The van der Waals surface area contributed by atoms with Gasteiger partial charge in [0.15, 0.2) is 0 Å². The van der Waals surface area contributed by atoms with Gasteiger partial charge in [0.25, 0.3) is 17.2 Å². The maximum absolute atomic E-state index is 13.2. The van der Waals surface area contributed by atoms with Gasteiger partial charge in [0, 0.05) is 18.6 Å². The van der Waals surface area contributed by atoms with E-state index in [2.05, 4.69) is 5.10 Å². The smallest absolute Gasteiger partial charge is 0.285 e. The van der Waals surface area contributed by atoms with E-state index in [4.69, 9.17) is 4.74 Å². The molecule has 0 bridgehead atoms. The van der Waals surface area contributed by atoms with E-state index in [-0.39, 0.29) is 18.3 Å². The molecule has 0 N–H and O–H groups in total. The average Bonchev–Trinajstić information content (AvgIpc) is 3.27. The lowest BCUT2D eigenvalue weighted by molar-refractivity contribution is -0.385. The van der Waals surface area contributed by atoms with Crippen LogP contribution in [0.15, 0.2) is 82.8 Å². The van der Waals surface area contributed by atoms with Crippen LogP contribution in [0.25, 0.3) is 0 Å². The summed E-state index contributed by atoms with van der Waals surface area (Å²) in [4.78, 5) is 35.8. The molecule has 0 fully saturated rings. The van der Waals surface area contributed by atoms with Crippen molar-refractivity contribution < 1.29 is 14.5 Å². The van der Waals surface area contributed by atoms with Crippen molar-refractivity contribution in [2.24, 2.45) is 5.10 Å². The van der Waals surface area contributed by atoms with Gasteiger partial charge in [-0.3, -0.25) is 24.3 Å². The first-order valence-corrected chi connectivity index (χ1v) is 9.90. The molecule has 162 valence electrons. The van der Waals surface area contributed by atoms with Crippen LogP contribution in [0.1, 0.15) is 23.6 Å². The molecule has 1 aromatic heterocycles. The summed E-state index contributed by atoms with van der Waals surface area (Å²) in [5.41, 5.74) is 1.73. The molecule has 1 atom stereocenters. The van der Waals surface area contributed by atoms with Crippen molar-refractivity contribution in [1.82, 2.24) is 9.58 Å². The summed E-state index contributed by atoms with van der Waals surface area (Å²) in [7, 11) is 1.58. The van der Waals surface area contributed by atoms with Crippen LogP contribution in [-0.2, 0) is 11.3 Å². The maximum Gasteiger partial charge on any atom is 0.285 e. The van der Waals surface area contributed by atoms with Gasteiger partial charge < -0.3 is 4.74 Å². The molecule has 2 heterocycles. The summed E-state index contributed by atoms with van der Waals surface area (Å²) in [5, 5.41) is 17.0. The average molecular weight is 432 g/mol. The summed E-state index contributed by atoms with van der Waals surface area (Å²) in [5.74, 6) is 0.247. The van der Waals surface area contributed by atoms with Crippen LogP contribution in [0.3, 0.4) is 0 Å². The molecule has 1 aliphatic rings. The Kier molecular flexibility index (Phi) is 5.80. The number of amides is 1. The summed E-state index contributed by atoms with van der Waals surface area (Å²) in [6, 6.07) is 18.7. The minimum atomic E-state index is -0.609. The molecule has 0 aliphatic carbocycles. The number of hydrazone groups is 1. The zero-order valence-electron chi connectivity index (χ0n) is 17.2. The van der Waals surface area contributed by atoms with Crippen molar-refractivity contribution in [3.8, 4) is 5.75 Å². The third-order valence-corrected chi connectivity index (χ3v) is 5.26. The topological polar surface area (TPSA) is 107 Å². The largest absolute Gasteiger partial charge is 0.497 e. The van der Waals surface area contributed by atoms with Crippen LogP contribution in [0.4, 0.5) is 5.69 Å². The quantitative estimate of drug-likeness (QED) is 0.439. The van der Waals surface area contributed by atoms with Gasteiger partial charge in [-0.15, -0.1) is 0 Å². The second-order valence-corrected chi connectivity index (χ2v) is 7.25. The number of ether oxygens (including phenoxy) is 1. The zero-order valence-corrected chi connectivity index (χ0v) is 17.2. The lowest BCUT2D eigenvalue weighted by Gasteiger charge is -2.22. The monoisotopic (exact) mass is 432 g/mol. The second kappa shape index (κ2) is 8.84. The van der Waals surface area contributed by atoms with Gasteiger partial charge in [-0.1, -0.05) is 42.5 Å². The summed E-state index contributed by atoms with van der Waals surface area (Å²) >= 11 is 0. The fourth-order valence-electron chi connectivity index (χ4n) is 3.60. The van der Waals surface area contributed by atoms with E-state index in [9.17, 15) is 19.7 Å². The number of aromatic nitrogens is 1. The van der Waals surface area contributed by atoms with Gasteiger partial charge in [0.05, 0.1) is 30.0 Å². The van der Waals surface area contributed by atoms with Gasteiger partial charge >= 0.3 is 0 Å². The summed E-state index contributed by atoms with van der Waals surface area (Å²) < 4.78 is 6.25. The SMILES string of the molecule is COc1ccc([C@H]2CC(c3ccccc3)=NN2C(=O)Cn2cc([N+](=O)[O-])ccc2=O)cc1. The third kappa shape index (κ3) is 4.27. The Morgan fingerprint density at radius 1 is 1.12 bits per heavy atom. The number of carbonyl (C=O) groups excluding carboxylic acids is 1. The molecule has 9 heteroatoms. The Morgan fingerprint density at radius 2 is 1.84 bits per heavy atom. The predicted molar refractivity (Wildman–Crippen MR) is 118 cm³/mol. The highest BCUT2D eigenvalue weighted by Gasteiger charge is 2.33. The van der Waals surface area contributed by atoms with E-state index in [0.717, 1.165) is 39.7 Å².